The predicted octanol–water partition coefficient (Wildman–Crippen LogP) is 1.84. The molecule has 2 N–H and O–H groups in total. The van der Waals surface area contributed by atoms with E-state index in [0.29, 0.717) is 11.2 Å². The predicted molar refractivity (Wildman–Crippen MR) is 84.4 cm³/mol. The van der Waals surface area contributed by atoms with Crippen LogP contribution in [0.25, 0.3) is 0 Å². The van der Waals surface area contributed by atoms with E-state index in [1.807, 2.05) is 0 Å². The van der Waals surface area contributed by atoms with E-state index in [9.17, 15) is 30.4 Å². The van der Waals surface area contributed by atoms with Crippen LogP contribution in [0.15, 0.2) is 40.6 Å². The average molecular weight is 344 g/mol. The minimum Gasteiger partial charge on any atom is -0.497 e. The number of fused-ring (bicyclic) bond motifs is 1. The van der Waals surface area contributed by atoms with Crippen molar-refractivity contribution in [1.29, 1.82) is 0 Å². The Morgan fingerprint density at radius 3 is 2.24 bits per heavy atom. The van der Waals surface area contributed by atoms with Gasteiger partial charge in [0.05, 0.1) is 27.8 Å². The number of nitro groups is 2. The monoisotopic (exact) mass is 344 g/mol. The normalized spacial score (nSPS) is 13.2. The first kappa shape index (κ1) is 16.5. The van der Waals surface area contributed by atoms with Gasteiger partial charge in [0.15, 0.2) is 0 Å². The summed E-state index contributed by atoms with van der Waals surface area (Å²) in [6.45, 7) is 0.268. The quantitative estimate of drug-likeness (QED) is 0.370. The van der Waals surface area contributed by atoms with Crippen LogP contribution in [-0.4, -0.2) is 27.1 Å². The van der Waals surface area contributed by atoms with Gasteiger partial charge in [-0.15, -0.1) is 0 Å². The highest BCUT2D eigenvalue weighted by Crippen LogP contribution is 2.39. The molecule has 0 aromatic heterocycles. The summed E-state index contributed by atoms with van der Waals surface area (Å²) in [5.41, 5.74) is -0.224. The van der Waals surface area contributed by atoms with Gasteiger partial charge < -0.3 is 14.8 Å². The largest absolute Gasteiger partial charge is 0.497 e. The van der Waals surface area contributed by atoms with Crippen LogP contribution in [0.3, 0.4) is 0 Å². The van der Waals surface area contributed by atoms with Crippen molar-refractivity contribution in [2.45, 2.75) is 6.61 Å². The van der Waals surface area contributed by atoms with Gasteiger partial charge in [0, 0.05) is 12.1 Å². The van der Waals surface area contributed by atoms with Crippen molar-refractivity contribution in [1.82, 2.24) is 0 Å². The molecule has 0 amide bonds. The van der Waals surface area contributed by atoms with Gasteiger partial charge in [-0.3, -0.25) is 20.2 Å². The Kier molecular flexibility index (Phi) is 4.13. The molecule has 0 saturated carbocycles. The van der Waals surface area contributed by atoms with E-state index in [2.05, 4.69) is 10.2 Å². The number of phenolic OH excluding ortho intramolecular Hbond substituents is 1. The molecule has 0 atom stereocenters. The number of hydrogen-bond acceptors (Lipinski definition) is 9. The van der Waals surface area contributed by atoms with Gasteiger partial charge in [0.2, 0.25) is 0 Å². The Morgan fingerprint density at radius 2 is 1.64 bits per heavy atom. The van der Waals surface area contributed by atoms with Crippen LogP contribution < -0.4 is 5.46 Å². The van der Waals surface area contributed by atoms with Crippen LogP contribution in [0.2, 0.25) is 0 Å². The lowest BCUT2D eigenvalue weighted by molar-refractivity contribution is -0.396. The first-order chi connectivity index (χ1) is 11.9. The number of nitrogens with zero attached hydrogens (tertiary/aromatic N) is 4. The van der Waals surface area contributed by atoms with E-state index in [-0.39, 0.29) is 12.3 Å². The minimum absolute atomic E-state index is 0.173. The third kappa shape index (κ3) is 3.15. The molecule has 2 aromatic carbocycles. The number of rotatable bonds is 4. The summed E-state index contributed by atoms with van der Waals surface area (Å²) in [6.07, 6.45) is 0. The smallest absolute Gasteiger partial charge is 0.491 e. The molecular formula is C13H9BN4O7. The fourth-order valence-electron chi connectivity index (χ4n) is 2.31. The summed E-state index contributed by atoms with van der Waals surface area (Å²) in [7, 11) is -1.07. The highest BCUT2D eigenvalue weighted by atomic mass is 16.6. The number of benzene rings is 2. The first-order valence-electron chi connectivity index (χ1n) is 6.87. The van der Waals surface area contributed by atoms with Gasteiger partial charge >= 0.3 is 18.5 Å². The maximum absolute atomic E-state index is 10.9. The molecule has 1 aliphatic rings. The van der Waals surface area contributed by atoms with Gasteiger partial charge in [-0.05, 0) is 23.2 Å². The van der Waals surface area contributed by atoms with Gasteiger partial charge in [-0.25, -0.2) is 0 Å². The lowest BCUT2D eigenvalue weighted by atomic mass is 9.79. The van der Waals surface area contributed by atoms with Crippen LogP contribution in [0.5, 0.6) is 5.75 Å². The maximum Gasteiger partial charge on any atom is 0.491 e. The van der Waals surface area contributed by atoms with E-state index in [1.165, 1.54) is 6.07 Å². The van der Waals surface area contributed by atoms with Crippen molar-refractivity contribution in [3.05, 3.63) is 56.1 Å². The molecule has 0 saturated heterocycles. The summed E-state index contributed by atoms with van der Waals surface area (Å²) in [5.74, 6) is -1.05. The molecule has 1 aliphatic heterocycles. The van der Waals surface area contributed by atoms with Crippen molar-refractivity contribution in [3.8, 4) is 5.75 Å². The SMILES string of the molecule is O=[N+]([O-])c1cc(N=Nc2ccc3c(c2)B(O)OC3)cc([N+](=O)[O-])c1O. The molecule has 1 heterocycles. The molecule has 0 bridgehead atoms. The topological polar surface area (TPSA) is 161 Å². The van der Waals surface area contributed by atoms with Gasteiger partial charge in [-0.1, -0.05) is 6.07 Å². The first-order valence-corrected chi connectivity index (χ1v) is 6.87. The summed E-state index contributed by atoms with van der Waals surface area (Å²) in [5, 5.41) is 48.6. The molecule has 0 spiro atoms. The van der Waals surface area contributed by atoms with Crippen molar-refractivity contribution in [2.75, 3.05) is 0 Å². The lowest BCUT2D eigenvalue weighted by Gasteiger charge is -2.01. The zero-order chi connectivity index (χ0) is 18.1. The molecule has 25 heavy (non-hydrogen) atoms. The molecule has 126 valence electrons. The highest BCUT2D eigenvalue weighted by Gasteiger charge is 2.28. The van der Waals surface area contributed by atoms with E-state index in [1.54, 1.807) is 12.1 Å². The number of hydrogen-bond donors (Lipinski definition) is 2. The second-order valence-corrected chi connectivity index (χ2v) is 5.09. The second-order valence-electron chi connectivity index (χ2n) is 5.09. The van der Waals surface area contributed by atoms with Crippen molar-refractivity contribution in [3.63, 3.8) is 0 Å². The van der Waals surface area contributed by atoms with E-state index >= 15 is 0 Å². The average Bonchev–Trinajstić information content (AvgIpc) is 2.94. The summed E-state index contributed by atoms with van der Waals surface area (Å²) < 4.78 is 5.04. The number of nitro benzene ring substituents is 2. The number of aromatic hydroxyl groups is 1. The molecule has 3 rings (SSSR count). The summed E-state index contributed by atoms with van der Waals surface area (Å²) >= 11 is 0. The minimum atomic E-state index is -1.07. The van der Waals surface area contributed by atoms with Gasteiger partial charge in [-0.2, -0.15) is 10.2 Å². The summed E-state index contributed by atoms with van der Waals surface area (Å²) in [6, 6.07) is 6.54. The fraction of sp³-hybridized carbons (Fsp3) is 0.0769. The fourth-order valence-corrected chi connectivity index (χ4v) is 2.31. The van der Waals surface area contributed by atoms with Crippen molar-refractivity contribution in [2.24, 2.45) is 10.2 Å². The summed E-state index contributed by atoms with van der Waals surface area (Å²) in [4.78, 5) is 19.9. The standard InChI is InChI=1S/C13H9BN4O7/c19-13-11(17(21)22)4-9(5-12(13)18(23)24)16-15-8-2-1-7-6-25-14(20)10(7)3-8/h1-5,19-20H,6H2. The highest BCUT2D eigenvalue weighted by molar-refractivity contribution is 6.61. The third-order valence-electron chi connectivity index (χ3n) is 3.52. The van der Waals surface area contributed by atoms with Crippen LogP contribution in [-0.2, 0) is 11.3 Å². The zero-order valence-corrected chi connectivity index (χ0v) is 12.4. The number of azo groups is 1. The maximum atomic E-state index is 10.9. The second kappa shape index (κ2) is 6.26. The molecule has 0 radical (unpaired) electrons. The molecule has 0 fully saturated rings. The van der Waals surface area contributed by atoms with E-state index in [4.69, 9.17) is 4.65 Å². The van der Waals surface area contributed by atoms with Crippen LogP contribution in [0.1, 0.15) is 5.56 Å². The molecular weight excluding hydrogens is 335 g/mol. The van der Waals surface area contributed by atoms with Crippen molar-refractivity contribution >= 4 is 35.3 Å². The molecule has 0 aliphatic carbocycles. The van der Waals surface area contributed by atoms with E-state index in [0.717, 1.165) is 17.7 Å². The van der Waals surface area contributed by atoms with Crippen LogP contribution in [0.4, 0.5) is 22.7 Å². The molecule has 2 aromatic rings. The Morgan fingerprint density at radius 1 is 1.04 bits per heavy atom. The number of phenols is 1. The molecule has 12 heteroatoms. The molecule has 0 unspecified atom stereocenters. The van der Waals surface area contributed by atoms with Gasteiger partial charge in [0.1, 0.15) is 0 Å². The Bertz CT molecular complexity index is 882. The van der Waals surface area contributed by atoms with Crippen LogP contribution in [0, 0.1) is 20.2 Å². The molecule has 11 nitrogen and oxygen atoms in total. The van der Waals surface area contributed by atoms with E-state index < -0.39 is 34.1 Å². The Balaban J connectivity index is 1.97. The Labute approximate surface area is 139 Å². The van der Waals surface area contributed by atoms with Crippen LogP contribution >= 0.6 is 0 Å². The van der Waals surface area contributed by atoms with Gasteiger partial charge in [0.25, 0.3) is 5.75 Å². The Hall–Kier alpha value is -3.38. The third-order valence-corrected chi connectivity index (χ3v) is 3.52. The van der Waals surface area contributed by atoms with Crippen molar-refractivity contribution < 1.29 is 24.6 Å². The zero-order valence-electron chi connectivity index (χ0n) is 12.4. The lowest BCUT2D eigenvalue weighted by Crippen LogP contribution is -2.27.